The van der Waals surface area contributed by atoms with Gasteiger partial charge in [0.2, 0.25) is 10.0 Å². The standard InChI is InChI=1S/C13H19BrN2O2S/c14-12-6-5-11(10-15)9-13(12)19(17,18)16-7-3-1-2-4-8-16/h5-6,9H,1-4,7-8,10,15H2. The molecule has 1 aliphatic rings. The fourth-order valence-corrected chi connectivity index (χ4v) is 4.79. The molecule has 1 aliphatic heterocycles. The molecule has 6 heteroatoms. The van der Waals surface area contributed by atoms with Crippen LogP contribution in [0.4, 0.5) is 0 Å². The van der Waals surface area contributed by atoms with E-state index in [-0.39, 0.29) is 0 Å². The van der Waals surface area contributed by atoms with E-state index in [0.29, 0.717) is 29.0 Å². The van der Waals surface area contributed by atoms with Gasteiger partial charge in [0.05, 0.1) is 4.90 Å². The Morgan fingerprint density at radius 3 is 2.37 bits per heavy atom. The molecule has 1 saturated heterocycles. The first kappa shape index (κ1) is 15.0. The summed E-state index contributed by atoms with van der Waals surface area (Å²) < 4.78 is 27.6. The highest BCUT2D eigenvalue weighted by atomic mass is 79.9. The SMILES string of the molecule is NCc1ccc(Br)c(S(=O)(=O)N2CCCCCC2)c1. The van der Waals surface area contributed by atoms with Crippen LogP contribution < -0.4 is 5.73 Å². The van der Waals surface area contributed by atoms with E-state index in [9.17, 15) is 8.42 Å². The Bertz CT molecular complexity index is 538. The molecule has 106 valence electrons. The smallest absolute Gasteiger partial charge is 0.244 e. The molecular formula is C13H19BrN2O2S. The summed E-state index contributed by atoms with van der Waals surface area (Å²) >= 11 is 3.33. The molecule has 0 bridgehead atoms. The number of nitrogens with two attached hydrogens (primary N) is 1. The van der Waals surface area contributed by atoms with E-state index < -0.39 is 10.0 Å². The van der Waals surface area contributed by atoms with Gasteiger partial charge < -0.3 is 5.73 Å². The van der Waals surface area contributed by atoms with Crippen LogP contribution in [0.5, 0.6) is 0 Å². The van der Waals surface area contributed by atoms with E-state index in [4.69, 9.17) is 5.73 Å². The molecule has 0 radical (unpaired) electrons. The van der Waals surface area contributed by atoms with Crippen molar-refractivity contribution in [2.24, 2.45) is 5.73 Å². The summed E-state index contributed by atoms with van der Waals surface area (Å²) in [6, 6.07) is 5.27. The molecule has 0 atom stereocenters. The summed E-state index contributed by atoms with van der Waals surface area (Å²) in [5.41, 5.74) is 6.42. The summed E-state index contributed by atoms with van der Waals surface area (Å²) in [6.45, 7) is 1.57. The zero-order chi connectivity index (χ0) is 13.9. The maximum Gasteiger partial charge on any atom is 0.244 e. The molecule has 19 heavy (non-hydrogen) atoms. The third-order valence-electron chi connectivity index (χ3n) is 3.41. The van der Waals surface area contributed by atoms with Crippen molar-refractivity contribution in [1.29, 1.82) is 0 Å². The van der Waals surface area contributed by atoms with Crippen LogP contribution in [-0.2, 0) is 16.6 Å². The van der Waals surface area contributed by atoms with Crippen LogP contribution in [0.3, 0.4) is 0 Å². The first-order chi connectivity index (χ1) is 9.05. The van der Waals surface area contributed by atoms with Gasteiger partial charge in [-0.15, -0.1) is 0 Å². The summed E-state index contributed by atoms with van der Waals surface area (Å²) in [5, 5.41) is 0. The Balaban J connectivity index is 2.37. The Morgan fingerprint density at radius 2 is 1.79 bits per heavy atom. The van der Waals surface area contributed by atoms with Gasteiger partial charge in [0.1, 0.15) is 0 Å². The van der Waals surface area contributed by atoms with E-state index in [1.807, 2.05) is 6.07 Å². The molecule has 2 rings (SSSR count). The van der Waals surface area contributed by atoms with Crippen LogP contribution >= 0.6 is 15.9 Å². The van der Waals surface area contributed by atoms with Gasteiger partial charge in [0.25, 0.3) is 0 Å². The number of nitrogens with zero attached hydrogens (tertiary/aromatic N) is 1. The van der Waals surface area contributed by atoms with E-state index in [2.05, 4.69) is 15.9 Å². The van der Waals surface area contributed by atoms with Gasteiger partial charge in [-0.2, -0.15) is 4.31 Å². The van der Waals surface area contributed by atoms with Crippen LogP contribution in [0.1, 0.15) is 31.2 Å². The van der Waals surface area contributed by atoms with Crippen molar-refractivity contribution in [3.8, 4) is 0 Å². The normalized spacial score (nSPS) is 18.2. The van der Waals surface area contributed by atoms with E-state index >= 15 is 0 Å². The van der Waals surface area contributed by atoms with Gasteiger partial charge in [0, 0.05) is 24.1 Å². The van der Waals surface area contributed by atoms with Crippen molar-refractivity contribution in [1.82, 2.24) is 4.31 Å². The minimum absolute atomic E-state index is 0.331. The second-order valence-corrected chi connectivity index (χ2v) is 7.55. The Hall–Kier alpha value is -0.430. The first-order valence-corrected chi connectivity index (χ1v) is 8.77. The Labute approximate surface area is 123 Å². The van der Waals surface area contributed by atoms with Crippen molar-refractivity contribution in [3.05, 3.63) is 28.2 Å². The number of halogens is 1. The van der Waals surface area contributed by atoms with Crippen molar-refractivity contribution in [3.63, 3.8) is 0 Å². The molecule has 2 N–H and O–H groups in total. The fourth-order valence-electron chi connectivity index (χ4n) is 2.29. The molecule has 0 unspecified atom stereocenters. The topological polar surface area (TPSA) is 63.4 Å². The maximum atomic E-state index is 12.7. The van der Waals surface area contributed by atoms with Crippen molar-refractivity contribution in [2.45, 2.75) is 37.1 Å². The molecule has 1 fully saturated rings. The quantitative estimate of drug-likeness (QED) is 0.914. The molecule has 0 saturated carbocycles. The zero-order valence-corrected chi connectivity index (χ0v) is 13.2. The Kier molecular flexibility index (Phi) is 5.00. The highest BCUT2D eigenvalue weighted by Gasteiger charge is 2.27. The summed E-state index contributed by atoms with van der Waals surface area (Å²) in [7, 11) is -3.42. The lowest BCUT2D eigenvalue weighted by Crippen LogP contribution is -2.32. The highest BCUT2D eigenvalue weighted by molar-refractivity contribution is 9.10. The van der Waals surface area contributed by atoms with Gasteiger partial charge in [-0.3, -0.25) is 0 Å². The third-order valence-corrected chi connectivity index (χ3v) is 6.31. The largest absolute Gasteiger partial charge is 0.326 e. The molecule has 1 aromatic rings. The van der Waals surface area contributed by atoms with Crippen LogP contribution in [0, 0.1) is 0 Å². The molecule has 0 spiro atoms. The van der Waals surface area contributed by atoms with Gasteiger partial charge >= 0.3 is 0 Å². The lowest BCUT2D eigenvalue weighted by molar-refractivity contribution is 0.423. The minimum Gasteiger partial charge on any atom is -0.326 e. The number of hydrogen-bond acceptors (Lipinski definition) is 3. The monoisotopic (exact) mass is 346 g/mol. The van der Waals surface area contributed by atoms with Crippen LogP contribution in [0.15, 0.2) is 27.6 Å². The number of rotatable bonds is 3. The van der Waals surface area contributed by atoms with Gasteiger partial charge in [-0.05, 0) is 46.5 Å². The summed E-state index contributed by atoms with van der Waals surface area (Å²) in [4.78, 5) is 0.331. The fraction of sp³-hybridized carbons (Fsp3) is 0.538. The molecule has 1 heterocycles. The second kappa shape index (κ2) is 6.35. The van der Waals surface area contributed by atoms with Crippen LogP contribution in [0.25, 0.3) is 0 Å². The first-order valence-electron chi connectivity index (χ1n) is 6.54. The van der Waals surface area contributed by atoms with E-state index in [1.54, 1.807) is 16.4 Å². The summed E-state index contributed by atoms with van der Waals surface area (Å²) in [6.07, 6.45) is 4.09. The molecule has 0 amide bonds. The molecule has 1 aromatic carbocycles. The van der Waals surface area contributed by atoms with Gasteiger partial charge in [-0.1, -0.05) is 18.9 Å². The second-order valence-electron chi connectivity index (χ2n) is 4.79. The van der Waals surface area contributed by atoms with Crippen LogP contribution in [-0.4, -0.2) is 25.8 Å². The molecule has 4 nitrogen and oxygen atoms in total. The number of hydrogen-bond donors (Lipinski definition) is 1. The number of sulfonamides is 1. The van der Waals surface area contributed by atoms with Crippen molar-refractivity contribution >= 4 is 26.0 Å². The van der Waals surface area contributed by atoms with Crippen molar-refractivity contribution < 1.29 is 8.42 Å². The molecular weight excluding hydrogens is 328 g/mol. The predicted octanol–water partition coefficient (Wildman–Crippen LogP) is 2.47. The van der Waals surface area contributed by atoms with E-state index in [0.717, 1.165) is 31.2 Å². The lowest BCUT2D eigenvalue weighted by Gasteiger charge is -2.21. The van der Waals surface area contributed by atoms with Gasteiger partial charge in [-0.25, -0.2) is 8.42 Å². The molecule has 0 aliphatic carbocycles. The highest BCUT2D eigenvalue weighted by Crippen LogP contribution is 2.27. The zero-order valence-electron chi connectivity index (χ0n) is 10.8. The third kappa shape index (κ3) is 3.37. The van der Waals surface area contributed by atoms with E-state index in [1.165, 1.54) is 0 Å². The van der Waals surface area contributed by atoms with Crippen LogP contribution in [0.2, 0.25) is 0 Å². The minimum atomic E-state index is -3.42. The molecule has 0 aromatic heterocycles. The Morgan fingerprint density at radius 1 is 1.16 bits per heavy atom. The average Bonchev–Trinajstić information content (AvgIpc) is 2.68. The average molecular weight is 347 g/mol. The summed E-state index contributed by atoms with van der Waals surface area (Å²) in [5.74, 6) is 0. The lowest BCUT2D eigenvalue weighted by atomic mass is 10.2. The maximum absolute atomic E-state index is 12.7. The van der Waals surface area contributed by atoms with Gasteiger partial charge in [0.15, 0.2) is 0 Å². The number of benzene rings is 1. The predicted molar refractivity (Wildman–Crippen MR) is 79.3 cm³/mol. The van der Waals surface area contributed by atoms with Crippen molar-refractivity contribution in [2.75, 3.05) is 13.1 Å².